The van der Waals surface area contributed by atoms with Gasteiger partial charge in [0.05, 0.1) is 5.75 Å². The SMILES string of the molecule is CNC(=O)NC(=O)CSc1nnc(N(C)C)n1C(C)C. The normalized spacial score (nSPS) is 10.5. The third-order valence-electron chi connectivity index (χ3n) is 2.38. The quantitative estimate of drug-likeness (QED) is 0.768. The van der Waals surface area contributed by atoms with Crippen LogP contribution in [0.5, 0.6) is 0 Å². The minimum Gasteiger partial charge on any atom is -0.347 e. The number of urea groups is 1. The predicted octanol–water partition coefficient (Wildman–Crippen LogP) is 0.473. The van der Waals surface area contributed by atoms with E-state index in [0.717, 1.165) is 5.95 Å². The van der Waals surface area contributed by atoms with Crippen LogP contribution in [0.15, 0.2) is 5.16 Å². The van der Waals surface area contributed by atoms with Crippen LogP contribution in [0.1, 0.15) is 19.9 Å². The largest absolute Gasteiger partial charge is 0.347 e. The molecule has 0 aliphatic heterocycles. The topological polar surface area (TPSA) is 92.2 Å². The summed E-state index contributed by atoms with van der Waals surface area (Å²) < 4.78 is 1.94. The molecule has 2 N–H and O–H groups in total. The summed E-state index contributed by atoms with van der Waals surface area (Å²) in [5, 5.41) is 13.4. The zero-order valence-electron chi connectivity index (χ0n) is 12.3. The van der Waals surface area contributed by atoms with Crippen LogP contribution in [0.3, 0.4) is 0 Å². The molecular weight excluding hydrogens is 280 g/mol. The summed E-state index contributed by atoms with van der Waals surface area (Å²) in [4.78, 5) is 24.4. The second kappa shape index (κ2) is 7.13. The van der Waals surface area contributed by atoms with Crippen LogP contribution in [0.25, 0.3) is 0 Å². The number of hydrogen-bond acceptors (Lipinski definition) is 6. The van der Waals surface area contributed by atoms with E-state index < -0.39 is 6.03 Å². The molecule has 0 saturated carbocycles. The van der Waals surface area contributed by atoms with Crippen molar-refractivity contribution in [3.63, 3.8) is 0 Å². The van der Waals surface area contributed by atoms with Gasteiger partial charge in [0, 0.05) is 27.2 Å². The zero-order chi connectivity index (χ0) is 15.3. The van der Waals surface area contributed by atoms with Crippen molar-refractivity contribution in [3.05, 3.63) is 0 Å². The minimum absolute atomic E-state index is 0.103. The molecule has 20 heavy (non-hydrogen) atoms. The van der Waals surface area contributed by atoms with Crippen LogP contribution < -0.4 is 15.5 Å². The number of aromatic nitrogens is 3. The van der Waals surface area contributed by atoms with Crippen molar-refractivity contribution in [2.24, 2.45) is 0 Å². The molecule has 0 bridgehead atoms. The smallest absolute Gasteiger partial charge is 0.321 e. The number of thioether (sulfide) groups is 1. The Bertz CT molecular complexity index is 485. The first-order valence-electron chi connectivity index (χ1n) is 6.13. The van der Waals surface area contributed by atoms with Gasteiger partial charge in [0.15, 0.2) is 5.16 Å². The van der Waals surface area contributed by atoms with Crippen molar-refractivity contribution in [2.45, 2.75) is 25.0 Å². The van der Waals surface area contributed by atoms with Crippen LogP contribution in [0.4, 0.5) is 10.7 Å². The number of carbonyl (C=O) groups is 2. The molecule has 1 rings (SSSR count). The Kier molecular flexibility index (Phi) is 5.81. The van der Waals surface area contributed by atoms with E-state index in [0.29, 0.717) is 5.16 Å². The van der Waals surface area contributed by atoms with Gasteiger partial charge >= 0.3 is 6.03 Å². The monoisotopic (exact) mass is 300 g/mol. The highest BCUT2D eigenvalue weighted by atomic mass is 32.2. The summed E-state index contributed by atoms with van der Waals surface area (Å²) in [6.07, 6.45) is 0. The molecule has 112 valence electrons. The number of nitrogens with one attached hydrogen (secondary N) is 2. The van der Waals surface area contributed by atoms with Crippen LogP contribution in [-0.4, -0.2) is 53.6 Å². The number of hydrogen-bond donors (Lipinski definition) is 2. The first-order valence-corrected chi connectivity index (χ1v) is 7.12. The molecule has 0 aliphatic carbocycles. The molecule has 0 aliphatic rings. The molecule has 0 spiro atoms. The van der Waals surface area contributed by atoms with Crippen molar-refractivity contribution >= 4 is 29.6 Å². The molecule has 0 saturated heterocycles. The van der Waals surface area contributed by atoms with E-state index in [1.807, 2.05) is 37.4 Å². The lowest BCUT2D eigenvalue weighted by molar-refractivity contribution is -0.117. The number of nitrogens with zero attached hydrogens (tertiary/aromatic N) is 4. The highest BCUT2D eigenvalue weighted by Crippen LogP contribution is 2.24. The van der Waals surface area contributed by atoms with E-state index in [4.69, 9.17) is 0 Å². The highest BCUT2D eigenvalue weighted by Gasteiger charge is 2.17. The maximum absolute atomic E-state index is 11.5. The van der Waals surface area contributed by atoms with E-state index in [1.165, 1.54) is 18.8 Å². The Balaban J connectivity index is 2.73. The lowest BCUT2D eigenvalue weighted by atomic mass is 10.4. The summed E-state index contributed by atoms with van der Waals surface area (Å²) in [6, 6.07) is -0.346. The average molecular weight is 300 g/mol. The maximum atomic E-state index is 11.5. The van der Waals surface area contributed by atoms with Crippen molar-refractivity contribution in [1.29, 1.82) is 0 Å². The zero-order valence-corrected chi connectivity index (χ0v) is 13.1. The van der Waals surface area contributed by atoms with Gasteiger partial charge in [0.2, 0.25) is 11.9 Å². The Hall–Kier alpha value is -1.77. The van der Waals surface area contributed by atoms with Crippen LogP contribution >= 0.6 is 11.8 Å². The second-order valence-electron chi connectivity index (χ2n) is 4.56. The van der Waals surface area contributed by atoms with Crippen molar-refractivity contribution in [2.75, 3.05) is 31.8 Å². The van der Waals surface area contributed by atoms with Crippen LogP contribution in [0.2, 0.25) is 0 Å². The molecule has 0 unspecified atom stereocenters. The summed E-state index contributed by atoms with van der Waals surface area (Å²) in [5.74, 6) is 0.458. The first kappa shape index (κ1) is 16.3. The fraction of sp³-hybridized carbons (Fsp3) is 0.636. The van der Waals surface area contributed by atoms with Gasteiger partial charge in [0.1, 0.15) is 0 Å². The number of carbonyl (C=O) groups excluding carboxylic acids is 2. The third-order valence-corrected chi connectivity index (χ3v) is 3.32. The molecule has 8 nitrogen and oxygen atoms in total. The van der Waals surface area contributed by atoms with E-state index in [9.17, 15) is 9.59 Å². The summed E-state index contributed by atoms with van der Waals surface area (Å²) in [6.45, 7) is 4.04. The first-order chi connectivity index (χ1) is 9.36. The van der Waals surface area contributed by atoms with Gasteiger partial charge < -0.3 is 10.2 Å². The fourth-order valence-electron chi connectivity index (χ4n) is 1.48. The van der Waals surface area contributed by atoms with Gasteiger partial charge in [-0.3, -0.25) is 14.7 Å². The molecule has 3 amide bonds. The molecular formula is C11H20N6O2S. The van der Waals surface area contributed by atoms with Crippen molar-refractivity contribution in [3.8, 4) is 0 Å². The summed E-state index contributed by atoms with van der Waals surface area (Å²) in [5.41, 5.74) is 0. The predicted molar refractivity (Wildman–Crippen MR) is 78.1 cm³/mol. The van der Waals surface area contributed by atoms with Gasteiger partial charge in [-0.1, -0.05) is 11.8 Å². The number of anilines is 1. The number of imide groups is 1. The molecule has 9 heteroatoms. The van der Waals surface area contributed by atoms with Gasteiger partial charge in [0.25, 0.3) is 0 Å². The molecule has 1 heterocycles. The fourth-order valence-corrected chi connectivity index (χ4v) is 2.34. The molecule has 0 atom stereocenters. The standard InChI is InChI=1S/C11H20N6O2S/c1-7(2)17-10(16(4)5)14-15-11(17)20-6-8(18)13-9(19)12-3/h7H,6H2,1-5H3,(H2,12,13,18,19). The number of amides is 3. The second-order valence-corrected chi connectivity index (χ2v) is 5.50. The minimum atomic E-state index is -0.519. The van der Waals surface area contributed by atoms with Gasteiger partial charge in [-0.05, 0) is 13.8 Å². The van der Waals surface area contributed by atoms with Crippen LogP contribution in [0, 0.1) is 0 Å². The van der Waals surface area contributed by atoms with Gasteiger partial charge in [-0.25, -0.2) is 4.79 Å². The summed E-state index contributed by atoms with van der Waals surface area (Å²) >= 11 is 1.24. The summed E-state index contributed by atoms with van der Waals surface area (Å²) in [7, 11) is 5.22. The Morgan fingerprint density at radius 1 is 1.35 bits per heavy atom. The van der Waals surface area contributed by atoms with E-state index in [1.54, 1.807) is 0 Å². The van der Waals surface area contributed by atoms with Crippen molar-refractivity contribution in [1.82, 2.24) is 25.4 Å². The van der Waals surface area contributed by atoms with E-state index in [2.05, 4.69) is 20.8 Å². The third kappa shape index (κ3) is 4.12. The maximum Gasteiger partial charge on any atom is 0.321 e. The molecule has 0 radical (unpaired) electrons. The van der Waals surface area contributed by atoms with Gasteiger partial charge in [-0.2, -0.15) is 0 Å². The Labute approximate surface area is 122 Å². The Morgan fingerprint density at radius 3 is 2.50 bits per heavy atom. The van der Waals surface area contributed by atoms with Gasteiger partial charge in [-0.15, -0.1) is 10.2 Å². The lowest BCUT2D eigenvalue weighted by Crippen LogP contribution is -2.38. The Morgan fingerprint density at radius 2 is 2.00 bits per heavy atom. The highest BCUT2D eigenvalue weighted by molar-refractivity contribution is 7.99. The molecule has 0 aromatic carbocycles. The average Bonchev–Trinajstić information content (AvgIpc) is 2.80. The number of rotatable bonds is 5. The molecule has 1 aromatic rings. The van der Waals surface area contributed by atoms with E-state index >= 15 is 0 Å². The van der Waals surface area contributed by atoms with Crippen LogP contribution in [-0.2, 0) is 4.79 Å². The lowest BCUT2D eigenvalue weighted by Gasteiger charge is -2.17. The van der Waals surface area contributed by atoms with E-state index in [-0.39, 0.29) is 17.7 Å². The molecule has 1 aromatic heterocycles. The molecule has 0 fully saturated rings. The van der Waals surface area contributed by atoms with Crippen molar-refractivity contribution < 1.29 is 9.59 Å².